The van der Waals surface area contributed by atoms with E-state index >= 15 is 0 Å². The van der Waals surface area contributed by atoms with Crippen molar-refractivity contribution in [3.63, 3.8) is 0 Å². The number of hydrogen-bond donors (Lipinski definition) is 1. The van der Waals surface area contributed by atoms with Crippen LogP contribution in [-0.4, -0.2) is 25.7 Å². The highest BCUT2D eigenvalue weighted by molar-refractivity contribution is 6.31. The van der Waals surface area contributed by atoms with Gasteiger partial charge < -0.3 is 5.11 Å². The number of aromatic carboxylic acids is 1. The van der Waals surface area contributed by atoms with Crippen LogP contribution in [0.2, 0.25) is 5.02 Å². The summed E-state index contributed by atoms with van der Waals surface area (Å²) in [7, 11) is 0. The van der Waals surface area contributed by atoms with Gasteiger partial charge in [-0.1, -0.05) is 17.7 Å². The lowest BCUT2D eigenvalue weighted by molar-refractivity contribution is 0.0698. The molecule has 0 atom stereocenters. The summed E-state index contributed by atoms with van der Waals surface area (Å²) in [6.45, 7) is 1.78. The molecule has 0 amide bonds. The number of carboxylic acid groups (broad SMARTS) is 1. The highest BCUT2D eigenvalue weighted by Gasteiger charge is 2.21. The van der Waals surface area contributed by atoms with Crippen molar-refractivity contribution >= 4 is 23.2 Å². The molecule has 1 aromatic carbocycles. The molecule has 5 nitrogen and oxygen atoms in total. The highest BCUT2D eigenvalue weighted by Crippen LogP contribution is 2.28. The molecule has 118 valence electrons. The Morgan fingerprint density at radius 1 is 1.35 bits per heavy atom. The zero-order valence-electron chi connectivity index (χ0n) is 11.8. The second kappa shape index (κ2) is 5.58. The van der Waals surface area contributed by atoms with Gasteiger partial charge in [0.1, 0.15) is 11.3 Å². The fourth-order valence-corrected chi connectivity index (χ4v) is 2.36. The first-order valence-corrected chi connectivity index (χ1v) is 6.93. The zero-order valence-corrected chi connectivity index (χ0v) is 12.6. The quantitative estimate of drug-likeness (QED) is 0.784. The number of carbonyl (C=O) groups is 1. The van der Waals surface area contributed by atoms with Gasteiger partial charge >= 0.3 is 5.97 Å². The maximum atomic E-state index is 13.3. The average Bonchev–Trinajstić information content (AvgIpc) is 2.92. The van der Waals surface area contributed by atoms with Crippen LogP contribution in [0.1, 0.15) is 28.0 Å². The molecule has 3 aromatic rings. The van der Waals surface area contributed by atoms with Gasteiger partial charge in [0.15, 0.2) is 5.65 Å². The van der Waals surface area contributed by atoms with E-state index in [2.05, 4.69) is 10.1 Å². The molecule has 1 N–H and O–H groups in total. The minimum atomic E-state index is -2.82. The summed E-state index contributed by atoms with van der Waals surface area (Å²) >= 11 is 5.96. The predicted molar refractivity (Wildman–Crippen MR) is 80.1 cm³/mol. The van der Waals surface area contributed by atoms with E-state index in [1.807, 2.05) is 0 Å². The fourth-order valence-electron chi connectivity index (χ4n) is 2.24. The van der Waals surface area contributed by atoms with Crippen molar-refractivity contribution < 1.29 is 18.7 Å². The van der Waals surface area contributed by atoms with Gasteiger partial charge in [-0.05, 0) is 30.7 Å². The second-order valence-corrected chi connectivity index (χ2v) is 5.34. The molecule has 3 rings (SSSR count). The molecule has 0 saturated carbocycles. The van der Waals surface area contributed by atoms with Crippen molar-refractivity contribution in [2.45, 2.75) is 13.3 Å². The van der Waals surface area contributed by atoms with Crippen molar-refractivity contribution in [2.75, 3.05) is 0 Å². The third kappa shape index (κ3) is 2.63. The third-order valence-corrected chi connectivity index (χ3v) is 3.83. The maximum absolute atomic E-state index is 13.3. The minimum absolute atomic E-state index is 0.127. The topological polar surface area (TPSA) is 67.5 Å². The molecule has 0 radical (unpaired) electrons. The van der Waals surface area contributed by atoms with Gasteiger partial charge in [0, 0.05) is 10.6 Å². The van der Waals surface area contributed by atoms with Crippen molar-refractivity contribution in [3.8, 4) is 11.3 Å². The van der Waals surface area contributed by atoms with Crippen molar-refractivity contribution in [2.24, 2.45) is 0 Å². The molecule has 0 aliphatic heterocycles. The molecule has 0 aliphatic rings. The van der Waals surface area contributed by atoms with Crippen LogP contribution in [-0.2, 0) is 0 Å². The number of fused-ring (bicyclic) bond motifs is 1. The van der Waals surface area contributed by atoms with Crippen LogP contribution >= 0.6 is 11.6 Å². The van der Waals surface area contributed by atoms with Gasteiger partial charge in [0.2, 0.25) is 0 Å². The Balaban J connectivity index is 2.30. The SMILES string of the molecule is Cc1cc(-c2cc(C(F)F)n3ncc(C(=O)O)c3n2)ccc1Cl. The lowest BCUT2D eigenvalue weighted by Gasteiger charge is -2.09. The number of halogens is 3. The Morgan fingerprint density at radius 3 is 2.70 bits per heavy atom. The first-order chi connectivity index (χ1) is 10.9. The number of aryl methyl sites for hydroxylation is 1. The number of rotatable bonds is 3. The van der Waals surface area contributed by atoms with Gasteiger partial charge in [0.05, 0.1) is 11.9 Å². The summed E-state index contributed by atoms with van der Waals surface area (Å²) < 4.78 is 27.4. The van der Waals surface area contributed by atoms with E-state index in [-0.39, 0.29) is 16.9 Å². The van der Waals surface area contributed by atoms with Crippen molar-refractivity contribution in [3.05, 3.63) is 52.3 Å². The van der Waals surface area contributed by atoms with Crippen LogP contribution < -0.4 is 0 Å². The average molecular weight is 338 g/mol. The van der Waals surface area contributed by atoms with Crippen molar-refractivity contribution in [1.82, 2.24) is 14.6 Å². The zero-order chi connectivity index (χ0) is 16.7. The number of alkyl halides is 2. The number of hydrogen-bond acceptors (Lipinski definition) is 3. The molecule has 0 saturated heterocycles. The van der Waals surface area contributed by atoms with E-state index in [9.17, 15) is 13.6 Å². The number of benzene rings is 1. The molecule has 0 aliphatic carbocycles. The van der Waals surface area contributed by atoms with E-state index in [4.69, 9.17) is 16.7 Å². The van der Waals surface area contributed by atoms with Crippen LogP contribution in [0.3, 0.4) is 0 Å². The third-order valence-electron chi connectivity index (χ3n) is 3.41. The standard InChI is InChI=1S/C15H10ClF2N3O2/c1-7-4-8(2-3-10(7)16)11-5-12(13(17)18)21-14(20-11)9(6-19-21)15(22)23/h2-6,13H,1H3,(H,22,23). The molecule has 0 bridgehead atoms. The molecule has 23 heavy (non-hydrogen) atoms. The lowest BCUT2D eigenvalue weighted by Crippen LogP contribution is -2.04. The monoisotopic (exact) mass is 337 g/mol. The number of aromatic nitrogens is 3. The van der Waals surface area contributed by atoms with Crippen molar-refractivity contribution in [1.29, 1.82) is 0 Å². The van der Waals surface area contributed by atoms with Crippen LogP contribution in [0, 0.1) is 6.92 Å². The first kappa shape index (κ1) is 15.4. The molecular weight excluding hydrogens is 328 g/mol. The number of carboxylic acids is 1. The van der Waals surface area contributed by atoms with Crippen LogP contribution in [0.5, 0.6) is 0 Å². The molecular formula is C15H10ClF2N3O2. The molecule has 2 heterocycles. The van der Waals surface area contributed by atoms with Gasteiger partial charge in [0.25, 0.3) is 6.43 Å². The van der Waals surface area contributed by atoms with Crippen LogP contribution in [0.25, 0.3) is 16.9 Å². The lowest BCUT2D eigenvalue weighted by atomic mass is 10.1. The Labute approximate surface area is 134 Å². The smallest absolute Gasteiger partial charge is 0.341 e. The first-order valence-electron chi connectivity index (χ1n) is 6.55. The van der Waals surface area contributed by atoms with Gasteiger partial charge in [-0.15, -0.1) is 0 Å². The summed E-state index contributed by atoms with van der Waals surface area (Å²) in [4.78, 5) is 15.4. The summed E-state index contributed by atoms with van der Waals surface area (Å²) in [5, 5.41) is 13.4. The fraction of sp³-hybridized carbons (Fsp3) is 0.133. The van der Waals surface area contributed by atoms with E-state index in [0.717, 1.165) is 16.3 Å². The van der Waals surface area contributed by atoms with Crippen LogP contribution in [0.15, 0.2) is 30.5 Å². The Morgan fingerprint density at radius 2 is 2.09 bits per heavy atom. The second-order valence-electron chi connectivity index (χ2n) is 4.93. The molecule has 0 unspecified atom stereocenters. The minimum Gasteiger partial charge on any atom is -0.477 e. The maximum Gasteiger partial charge on any atom is 0.341 e. The van der Waals surface area contributed by atoms with Crippen LogP contribution in [0.4, 0.5) is 8.78 Å². The summed E-state index contributed by atoms with van der Waals surface area (Å²) in [6.07, 6.45) is -1.82. The normalized spacial score (nSPS) is 11.3. The summed E-state index contributed by atoms with van der Waals surface area (Å²) in [5.74, 6) is -1.28. The molecule has 0 spiro atoms. The molecule has 2 aromatic heterocycles. The Hall–Kier alpha value is -2.54. The van der Waals surface area contributed by atoms with Gasteiger partial charge in [-0.3, -0.25) is 0 Å². The summed E-state index contributed by atoms with van der Waals surface area (Å²) in [6, 6.07) is 6.17. The highest BCUT2D eigenvalue weighted by atomic mass is 35.5. The molecule has 0 fully saturated rings. The Bertz CT molecular complexity index is 924. The summed E-state index contributed by atoms with van der Waals surface area (Å²) in [5.41, 5.74) is 0.767. The van der Waals surface area contributed by atoms with E-state index in [1.165, 1.54) is 6.07 Å². The predicted octanol–water partition coefficient (Wildman–Crippen LogP) is 3.99. The van der Waals surface area contributed by atoms with E-state index < -0.39 is 18.1 Å². The molecule has 8 heteroatoms. The van der Waals surface area contributed by atoms with E-state index in [0.29, 0.717) is 10.6 Å². The van der Waals surface area contributed by atoms with E-state index in [1.54, 1.807) is 25.1 Å². The number of nitrogens with zero attached hydrogens (tertiary/aromatic N) is 3. The largest absolute Gasteiger partial charge is 0.477 e. The van der Waals surface area contributed by atoms with Gasteiger partial charge in [-0.2, -0.15) is 5.10 Å². The Kier molecular flexibility index (Phi) is 3.73. The van der Waals surface area contributed by atoms with Gasteiger partial charge in [-0.25, -0.2) is 23.1 Å².